The van der Waals surface area contributed by atoms with Crippen molar-refractivity contribution < 1.29 is 14.7 Å². The van der Waals surface area contributed by atoms with E-state index in [4.69, 9.17) is 0 Å². The van der Waals surface area contributed by atoms with Gasteiger partial charge >= 0.3 is 0 Å². The van der Waals surface area contributed by atoms with Crippen molar-refractivity contribution in [1.29, 1.82) is 0 Å². The second kappa shape index (κ2) is 7.64. The highest BCUT2D eigenvalue weighted by molar-refractivity contribution is 9.10. The number of halogens is 1. The molecular formula is C22H19BrN2O3. The predicted octanol–water partition coefficient (Wildman–Crippen LogP) is 3.91. The fraction of sp³-hybridized carbons (Fsp3) is 0.182. The zero-order valence-corrected chi connectivity index (χ0v) is 16.7. The highest BCUT2D eigenvalue weighted by atomic mass is 79.9. The molecule has 5 nitrogen and oxygen atoms in total. The molecule has 0 spiro atoms. The van der Waals surface area contributed by atoms with E-state index in [0.29, 0.717) is 31.7 Å². The first-order valence-corrected chi connectivity index (χ1v) is 9.89. The SMILES string of the molecule is O=C(c1cc(Br)ccc1O)N1CCN(C(=O)c2cccc3ccccc23)CC1. The molecule has 3 aromatic rings. The molecule has 1 N–H and O–H groups in total. The van der Waals surface area contributed by atoms with E-state index in [0.717, 1.165) is 15.2 Å². The lowest BCUT2D eigenvalue weighted by Crippen LogP contribution is -2.50. The molecule has 0 unspecified atom stereocenters. The molecule has 2 amide bonds. The maximum absolute atomic E-state index is 13.0. The number of aromatic hydroxyl groups is 1. The number of phenols is 1. The molecule has 0 bridgehead atoms. The molecule has 0 radical (unpaired) electrons. The van der Waals surface area contributed by atoms with Gasteiger partial charge in [-0.3, -0.25) is 9.59 Å². The van der Waals surface area contributed by atoms with Crippen LogP contribution >= 0.6 is 15.9 Å². The van der Waals surface area contributed by atoms with Crippen molar-refractivity contribution >= 4 is 38.5 Å². The summed E-state index contributed by atoms with van der Waals surface area (Å²) in [5.41, 5.74) is 0.950. The summed E-state index contributed by atoms with van der Waals surface area (Å²) in [7, 11) is 0. The fourth-order valence-electron chi connectivity index (χ4n) is 3.54. The lowest BCUT2D eigenvalue weighted by molar-refractivity contribution is 0.0534. The molecular weight excluding hydrogens is 420 g/mol. The van der Waals surface area contributed by atoms with E-state index in [1.54, 1.807) is 21.9 Å². The van der Waals surface area contributed by atoms with Gasteiger partial charge in [-0.15, -0.1) is 0 Å². The van der Waals surface area contributed by atoms with Gasteiger partial charge in [-0.2, -0.15) is 0 Å². The minimum absolute atomic E-state index is 0.0193. The Labute approximate surface area is 171 Å². The second-order valence-electron chi connectivity index (χ2n) is 6.77. The largest absolute Gasteiger partial charge is 0.507 e. The van der Waals surface area contributed by atoms with Crippen molar-refractivity contribution in [3.63, 3.8) is 0 Å². The van der Waals surface area contributed by atoms with Gasteiger partial charge in [0.15, 0.2) is 0 Å². The van der Waals surface area contributed by atoms with Crippen molar-refractivity contribution in [1.82, 2.24) is 9.80 Å². The van der Waals surface area contributed by atoms with Crippen LogP contribution in [0.25, 0.3) is 10.8 Å². The topological polar surface area (TPSA) is 60.9 Å². The number of hydrogen-bond donors (Lipinski definition) is 1. The normalized spacial score (nSPS) is 14.3. The molecule has 0 saturated carbocycles. The number of amides is 2. The highest BCUT2D eigenvalue weighted by Crippen LogP contribution is 2.25. The standard InChI is InChI=1S/C22H19BrN2O3/c23-16-8-9-20(26)19(14-16)22(28)25-12-10-24(11-13-25)21(27)18-7-3-5-15-4-1-2-6-17(15)18/h1-9,14,26H,10-13H2. The van der Waals surface area contributed by atoms with E-state index >= 15 is 0 Å². The van der Waals surface area contributed by atoms with Gasteiger partial charge in [0.25, 0.3) is 11.8 Å². The van der Waals surface area contributed by atoms with E-state index in [1.807, 2.05) is 42.5 Å². The van der Waals surface area contributed by atoms with Crippen LogP contribution in [-0.4, -0.2) is 52.9 Å². The lowest BCUT2D eigenvalue weighted by Gasteiger charge is -2.35. The molecule has 3 aromatic carbocycles. The van der Waals surface area contributed by atoms with Crippen LogP contribution in [0.4, 0.5) is 0 Å². The van der Waals surface area contributed by atoms with Crippen LogP contribution in [-0.2, 0) is 0 Å². The molecule has 1 fully saturated rings. The van der Waals surface area contributed by atoms with Crippen LogP contribution in [0.1, 0.15) is 20.7 Å². The zero-order chi connectivity index (χ0) is 19.7. The van der Waals surface area contributed by atoms with Crippen molar-refractivity contribution in [3.8, 4) is 5.75 Å². The molecule has 4 rings (SSSR count). The first-order chi connectivity index (χ1) is 13.5. The first-order valence-electron chi connectivity index (χ1n) is 9.09. The summed E-state index contributed by atoms with van der Waals surface area (Å²) in [6, 6.07) is 18.4. The number of rotatable bonds is 2. The Hall–Kier alpha value is -2.86. The summed E-state index contributed by atoms with van der Waals surface area (Å²) in [5, 5.41) is 12.0. The third kappa shape index (κ3) is 3.47. The van der Waals surface area contributed by atoms with Gasteiger partial charge in [0.1, 0.15) is 5.75 Å². The van der Waals surface area contributed by atoms with Crippen LogP contribution in [0.15, 0.2) is 65.1 Å². The van der Waals surface area contributed by atoms with E-state index in [9.17, 15) is 14.7 Å². The Kier molecular flexibility index (Phi) is 5.05. The molecule has 142 valence electrons. The number of phenolic OH excluding ortho intramolecular Hbond substituents is 1. The maximum atomic E-state index is 13.0. The number of piperazine rings is 1. The van der Waals surface area contributed by atoms with Gasteiger partial charge in [0.2, 0.25) is 0 Å². The smallest absolute Gasteiger partial charge is 0.257 e. The molecule has 0 aromatic heterocycles. The van der Waals surface area contributed by atoms with Gasteiger partial charge in [-0.1, -0.05) is 52.3 Å². The predicted molar refractivity (Wildman–Crippen MR) is 112 cm³/mol. The summed E-state index contributed by atoms with van der Waals surface area (Å²) >= 11 is 3.33. The van der Waals surface area contributed by atoms with Crippen LogP contribution in [0.3, 0.4) is 0 Å². The summed E-state index contributed by atoms with van der Waals surface area (Å²) in [4.78, 5) is 29.2. The third-order valence-corrected chi connectivity index (χ3v) is 5.56. The molecule has 1 aliphatic heterocycles. The Morgan fingerprint density at radius 3 is 2.11 bits per heavy atom. The van der Waals surface area contributed by atoms with E-state index in [-0.39, 0.29) is 23.1 Å². The molecule has 6 heteroatoms. The molecule has 28 heavy (non-hydrogen) atoms. The van der Waals surface area contributed by atoms with Crippen molar-refractivity contribution in [2.24, 2.45) is 0 Å². The zero-order valence-electron chi connectivity index (χ0n) is 15.1. The fourth-order valence-corrected chi connectivity index (χ4v) is 3.91. The second-order valence-corrected chi connectivity index (χ2v) is 7.69. The van der Waals surface area contributed by atoms with Gasteiger partial charge in [-0.05, 0) is 35.0 Å². The van der Waals surface area contributed by atoms with E-state index < -0.39 is 0 Å². The minimum Gasteiger partial charge on any atom is -0.507 e. The summed E-state index contributed by atoms with van der Waals surface area (Å²) < 4.78 is 0.735. The Morgan fingerprint density at radius 1 is 0.786 bits per heavy atom. The Morgan fingerprint density at radius 2 is 1.39 bits per heavy atom. The number of carbonyl (C=O) groups is 2. The van der Waals surface area contributed by atoms with Crippen LogP contribution in [0.2, 0.25) is 0 Å². The minimum atomic E-state index is -0.226. The maximum Gasteiger partial charge on any atom is 0.257 e. The highest BCUT2D eigenvalue weighted by Gasteiger charge is 2.27. The number of hydrogen-bond acceptors (Lipinski definition) is 3. The van der Waals surface area contributed by atoms with Crippen LogP contribution in [0, 0.1) is 0 Å². The van der Waals surface area contributed by atoms with E-state index in [2.05, 4.69) is 15.9 Å². The van der Waals surface area contributed by atoms with Gasteiger partial charge in [-0.25, -0.2) is 0 Å². The monoisotopic (exact) mass is 438 g/mol. The van der Waals surface area contributed by atoms with E-state index in [1.165, 1.54) is 6.07 Å². The van der Waals surface area contributed by atoms with Crippen molar-refractivity contribution in [2.75, 3.05) is 26.2 Å². The lowest BCUT2D eigenvalue weighted by atomic mass is 10.0. The van der Waals surface area contributed by atoms with Crippen LogP contribution < -0.4 is 0 Å². The Bertz CT molecular complexity index is 1050. The molecule has 1 aliphatic rings. The molecule has 0 atom stereocenters. The number of nitrogens with zero attached hydrogens (tertiary/aromatic N) is 2. The molecule has 1 heterocycles. The third-order valence-electron chi connectivity index (χ3n) is 5.06. The first kappa shape index (κ1) is 18.5. The Balaban J connectivity index is 1.49. The van der Waals surface area contributed by atoms with Crippen molar-refractivity contribution in [3.05, 3.63) is 76.3 Å². The quantitative estimate of drug-likeness (QED) is 0.659. The number of fused-ring (bicyclic) bond motifs is 1. The molecule has 0 aliphatic carbocycles. The van der Waals surface area contributed by atoms with Gasteiger partial charge in [0, 0.05) is 36.2 Å². The average Bonchev–Trinajstić information content (AvgIpc) is 2.74. The number of benzene rings is 3. The summed E-state index contributed by atoms with van der Waals surface area (Å²) in [6.45, 7) is 1.79. The molecule has 1 saturated heterocycles. The van der Waals surface area contributed by atoms with Gasteiger partial charge < -0.3 is 14.9 Å². The average molecular weight is 439 g/mol. The summed E-state index contributed by atoms with van der Waals surface area (Å²) in [6.07, 6.45) is 0. The van der Waals surface area contributed by atoms with Gasteiger partial charge in [0.05, 0.1) is 5.56 Å². The number of carbonyl (C=O) groups excluding carboxylic acids is 2. The summed E-state index contributed by atoms with van der Waals surface area (Å²) in [5.74, 6) is -0.285. The van der Waals surface area contributed by atoms with Crippen LogP contribution in [0.5, 0.6) is 5.75 Å². The van der Waals surface area contributed by atoms with Crippen molar-refractivity contribution in [2.45, 2.75) is 0 Å².